The van der Waals surface area contributed by atoms with E-state index in [1.807, 2.05) is 11.8 Å². The molecule has 108 valence electrons. The average Bonchev–Trinajstić information content (AvgIpc) is 2.63. The maximum Gasteiger partial charge on any atom is 0.0667 e. The standard InChI is InChI=1S/C18H25NS/c1-18(2,3)15-9-11-16(12-10-15)20-17-8-6-4-5-7-14(17)13-19/h9-12,14,17H,4-8H2,1-3H3. The zero-order chi connectivity index (χ0) is 14.6. The number of benzene rings is 1. The molecule has 0 saturated heterocycles. The van der Waals surface area contributed by atoms with E-state index in [0.717, 1.165) is 6.42 Å². The maximum absolute atomic E-state index is 9.35. The lowest BCUT2D eigenvalue weighted by Crippen LogP contribution is -2.14. The van der Waals surface area contributed by atoms with Crippen molar-refractivity contribution in [1.82, 2.24) is 0 Å². The predicted molar refractivity (Wildman–Crippen MR) is 87.0 cm³/mol. The Kier molecular flexibility index (Phi) is 5.16. The van der Waals surface area contributed by atoms with E-state index in [1.165, 1.54) is 36.1 Å². The Morgan fingerprint density at radius 3 is 2.30 bits per heavy atom. The highest BCUT2D eigenvalue weighted by Crippen LogP contribution is 2.37. The zero-order valence-corrected chi connectivity index (χ0v) is 13.7. The van der Waals surface area contributed by atoms with E-state index < -0.39 is 0 Å². The molecule has 0 bridgehead atoms. The molecule has 2 rings (SSSR count). The summed E-state index contributed by atoms with van der Waals surface area (Å²) in [7, 11) is 0. The maximum atomic E-state index is 9.35. The molecule has 0 spiro atoms. The lowest BCUT2D eigenvalue weighted by atomic mass is 9.87. The molecule has 1 fully saturated rings. The highest BCUT2D eigenvalue weighted by atomic mass is 32.2. The van der Waals surface area contributed by atoms with Gasteiger partial charge in [0.15, 0.2) is 0 Å². The molecule has 1 aliphatic carbocycles. The van der Waals surface area contributed by atoms with Crippen molar-refractivity contribution in [2.75, 3.05) is 0 Å². The average molecular weight is 287 g/mol. The van der Waals surface area contributed by atoms with E-state index in [-0.39, 0.29) is 11.3 Å². The fraction of sp³-hybridized carbons (Fsp3) is 0.611. The van der Waals surface area contributed by atoms with Gasteiger partial charge in [-0.15, -0.1) is 11.8 Å². The van der Waals surface area contributed by atoms with Crippen LogP contribution in [-0.2, 0) is 5.41 Å². The quantitative estimate of drug-likeness (QED) is 0.666. The van der Waals surface area contributed by atoms with Gasteiger partial charge < -0.3 is 0 Å². The SMILES string of the molecule is CC(C)(C)c1ccc(SC2CCCCCC2C#N)cc1. The van der Waals surface area contributed by atoms with Gasteiger partial charge in [-0.1, -0.05) is 52.2 Å². The fourth-order valence-electron chi connectivity index (χ4n) is 2.77. The summed E-state index contributed by atoms with van der Waals surface area (Å²) >= 11 is 1.91. The van der Waals surface area contributed by atoms with Crippen LogP contribution < -0.4 is 0 Å². The van der Waals surface area contributed by atoms with Crippen LogP contribution in [0.25, 0.3) is 0 Å². The summed E-state index contributed by atoms with van der Waals surface area (Å²) in [5.74, 6) is 0.227. The van der Waals surface area contributed by atoms with Gasteiger partial charge in [0.2, 0.25) is 0 Å². The first-order chi connectivity index (χ1) is 9.50. The molecular weight excluding hydrogens is 262 g/mol. The van der Waals surface area contributed by atoms with Gasteiger partial charge in [0, 0.05) is 10.1 Å². The molecule has 0 aromatic heterocycles. The van der Waals surface area contributed by atoms with Crippen LogP contribution in [0.15, 0.2) is 29.2 Å². The first-order valence-corrected chi connectivity index (χ1v) is 8.55. The van der Waals surface area contributed by atoms with Crippen molar-refractivity contribution in [3.63, 3.8) is 0 Å². The summed E-state index contributed by atoms with van der Waals surface area (Å²) in [6.45, 7) is 6.73. The molecule has 2 heteroatoms. The molecule has 1 aromatic rings. The molecule has 0 N–H and O–H groups in total. The Bertz CT molecular complexity index is 464. The van der Waals surface area contributed by atoms with E-state index in [1.54, 1.807) is 0 Å². The minimum atomic E-state index is 0.209. The van der Waals surface area contributed by atoms with Crippen LogP contribution in [-0.4, -0.2) is 5.25 Å². The molecule has 1 nitrogen and oxygen atoms in total. The third-order valence-corrected chi connectivity index (χ3v) is 5.54. The monoisotopic (exact) mass is 287 g/mol. The second kappa shape index (κ2) is 6.68. The van der Waals surface area contributed by atoms with Crippen LogP contribution in [0.4, 0.5) is 0 Å². The minimum Gasteiger partial charge on any atom is -0.198 e. The topological polar surface area (TPSA) is 23.8 Å². The van der Waals surface area contributed by atoms with Crippen LogP contribution in [0.1, 0.15) is 58.4 Å². The van der Waals surface area contributed by atoms with Crippen molar-refractivity contribution in [2.45, 2.75) is 68.4 Å². The van der Waals surface area contributed by atoms with Crippen molar-refractivity contribution in [2.24, 2.45) is 5.92 Å². The lowest BCUT2D eigenvalue weighted by molar-refractivity contribution is 0.584. The molecule has 2 atom stereocenters. The highest BCUT2D eigenvalue weighted by Gasteiger charge is 2.24. The van der Waals surface area contributed by atoms with Gasteiger partial charge in [-0.25, -0.2) is 0 Å². The molecule has 1 aromatic carbocycles. The molecule has 0 aliphatic heterocycles. The Labute approximate surface area is 127 Å². The van der Waals surface area contributed by atoms with Crippen LogP contribution in [0, 0.1) is 17.2 Å². The van der Waals surface area contributed by atoms with Crippen molar-refractivity contribution < 1.29 is 0 Å². The Hall–Kier alpha value is -0.940. The van der Waals surface area contributed by atoms with Gasteiger partial charge in [-0.3, -0.25) is 0 Å². The number of hydrogen-bond donors (Lipinski definition) is 0. The smallest absolute Gasteiger partial charge is 0.0667 e. The number of thioether (sulfide) groups is 1. The predicted octanol–water partition coefficient (Wildman–Crippen LogP) is 5.55. The van der Waals surface area contributed by atoms with Crippen molar-refractivity contribution in [3.8, 4) is 6.07 Å². The lowest BCUT2D eigenvalue weighted by Gasteiger charge is -2.21. The van der Waals surface area contributed by atoms with Crippen molar-refractivity contribution >= 4 is 11.8 Å². The molecule has 0 amide bonds. The molecular formula is C18H25NS. The number of nitriles is 1. The molecule has 2 unspecified atom stereocenters. The summed E-state index contributed by atoms with van der Waals surface area (Å²) in [4.78, 5) is 1.31. The zero-order valence-electron chi connectivity index (χ0n) is 12.9. The summed E-state index contributed by atoms with van der Waals surface area (Å²) in [6.07, 6.45) is 6.05. The normalized spacial score (nSPS) is 23.9. The Morgan fingerprint density at radius 1 is 1.05 bits per heavy atom. The Morgan fingerprint density at radius 2 is 1.70 bits per heavy atom. The van der Waals surface area contributed by atoms with E-state index in [0.29, 0.717) is 5.25 Å². The second-order valence-corrected chi connectivity index (χ2v) is 8.12. The summed E-state index contributed by atoms with van der Waals surface area (Å²) in [5.41, 5.74) is 1.58. The van der Waals surface area contributed by atoms with E-state index in [9.17, 15) is 5.26 Å². The molecule has 1 saturated carbocycles. The van der Waals surface area contributed by atoms with Crippen LogP contribution >= 0.6 is 11.8 Å². The first kappa shape index (κ1) is 15.4. The third kappa shape index (κ3) is 4.03. The van der Waals surface area contributed by atoms with Crippen molar-refractivity contribution in [1.29, 1.82) is 5.26 Å². The Balaban J connectivity index is 2.07. The van der Waals surface area contributed by atoms with Crippen molar-refractivity contribution in [3.05, 3.63) is 29.8 Å². The second-order valence-electron chi connectivity index (χ2n) is 6.80. The molecule has 0 radical (unpaired) electrons. The van der Waals surface area contributed by atoms with Crippen LogP contribution in [0.5, 0.6) is 0 Å². The van der Waals surface area contributed by atoms with Crippen LogP contribution in [0.2, 0.25) is 0 Å². The van der Waals surface area contributed by atoms with Gasteiger partial charge >= 0.3 is 0 Å². The molecule has 0 heterocycles. The van der Waals surface area contributed by atoms with Gasteiger partial charge in [-0.2, -0.15) is 5.26 Å². The van der Waals surface area contributed by atoms with Gasteiger partial charge in [0.05, 0.1) is 12.0 Å². The fourth-order valence-corrected chi connectivity index (χ4v) is 4.06. The van der Waals surface area contributed by atoms with E-state index in [4.69, 9.17) is 0 Å². The third-order valence-electron chi connectivity index (χ3n) is 4.13. The van der Waals surface area contributed by atoms with E-state index >= 15 is 0 Å². The largest absolute Gasteiger partial charge is 0.198 e. The molecule has 20 heavy (non-hydrogen) atoms. The van der Waals surface area contributed by atoms with Gasteiger partial charge in [-0.05, 0) is 36.0 Å². The summed E-state index contributed by atoms with van der Waals surface area (Å²) < 4.78 is 0. The first-order valence-electron chi connectivity index (χ1n) is 7.67. The van der Waals surface area contributed by atoms with Crippen LogP contribution in [0.3, 0.4) is 0 Å². The number of hydrogen-bond acceptors (Lipinski definition) is 2. The summed E-state index contributed by atoms with van der Waals surface area (Å²) in [6, 6.07) is 11.5. The highest BCUT2D eigenvalue weighted by molar-refractivity contribution is 8.00. The van der Waals surface area contributed by atoms with Gasteiger partial charge in [0.25, 0.3) is 0 Å². The summed E-state index contributed by atoms with van der Waals surface area (Å²) in [5, 5.41) is 9.83. The number of nitrogens with zero attached hydrogens (tertiary/aromatic N) is 1. The van der Waals surface area contributed by atoms with E-state index in [2.05, 4.69) is 51.1 Å². The minimum absolute atomic E-state index is 0.209. The number of rotatable bonds is 2. The van der Waals surface area contributed by atoms with Gasteiger partial charge in [0.1, 0.15) is 0 Å². The molecule has 1 aliphatic rings.